The second-order valence-corrected chi connectivity index (χ2v) is 5.86. The van der Waals surface area contributed by atoms with Gasteiger partial charge in [-0.1, -0.05) is 6.07 Å². The summed E-state index contributed by atoms with van der Waals surface area (Å²) in [6, 6.07) is 5.02. The molecule has 0 saturated heterocycles. The number of fused-ring (bicyclic) bond motifs is 2. The minimum absolute atomic E-state index is 0.216. The van der Waals surface area contributed by atoms with Gasteiger partial charge in [0.25, 0.3) is 5.91 Å². The molecule has 3 rings (SSSR count). The fraction of sp³-hybridized carbons (Fsp3) is 0.533. The van der Waals surface area contributed by atoms with Gasteiger partial charge in [-0.25, -0.2) is 4.98 Å². The summed E-state index contributed by atoms with van der Waals surface area (Å²) in [6.45, 7) is 1.83. The van der Waals surface area contributed by atoms with Gasteiger partial charge in [-0.3, -0.25) is 9.59 Å². The van der Waals surface area contributed by atoms with Crippen molar-refractivity contribution in [3.05, 3.63) is 29.6 Å². The van der Waals surface area contributed by atoms with Crippen LogP contribution in [0.25, 0.3) is 0 Å². The third kappa shape index (κ3) is 2.17. The van der Waals surface area contributed by atoms with Crippen molar-refractivity contribution in [2.75, 3.05) is 0 Å². The van der Waals surface area contributed by atoms with E-state index in [2.05, 4.69) is 10.3 Å². The highest BCUT2D eigenvalue weighted by Gasteiger charge is 2.51. The van der Waals surface area contributed by atoms with Gasteiger partial charge in [0.15, 0.2) is 0 Å². The van der Waals surface area contributed by atoms with Crippen LogP contribution in [0.3, 0.4) is 0 Å². The van der Waals surface area contributed by atoms with Crippen LogP contribution in [0.5, 0.6) is 0 Å². The summed E-state index contributed by atoms with van der Waals surface area (Å²) in [5.41, 5.74) is 1.14. The highest BCUT2D eigenvalue weighted by atomic mass is 16.4. The Kier molecular flexibility index (Phi) is 3.20. The molecule has 5 nitrogen and oxygen atoms in total. The number of nitrogens with one attached hydrogen (secondary N) is 1. The number of amides is 1. The number of carboxylic acid groups (broad SMARTS) is 1. The van der Waals surface area contributed by atoms with Gasteiger partial charge in [0, 0.05) is 11.7 Å². The molecule has 2 bridgehead atoms. The van der Waals surface area contributed by atoms with Gasteiger partial charge in [0.05, 0.1) is 5.92 Å². The second kappa shape index (κ2) is 4.89. The van der Waals surface area contributed by atoms with Crippen molar-refractivity contribution in [2.45, 2.75) is 32.2 Å². The Bertz CT molecular complexity index is 558. The average molecular weight is 274 g/mol. The first-order valence-corrected chi connectivity index (χ1v) is 7.03. The molecule has 1 aromatic rings. The molecular formula is C15H18N2O3. The molecule has 1 heterocycles. The maximum Gasteiger partial charge on any atom is 0.308 e. The van der Waals surface area contributed by atoms with E-state index >= 15 is 0 Å². The van der Waals surface area contributed by atoms with Crippen LogP contribution in [0.1, 0.15) is 35.4 Å². The van der Waals surface area contributed by atoms with Gasteiger partial charge in [-0.15, -0.1) is 0 Å². The Balaban J connectivity index is 1.77. The fourth-order valence-electron chi connectivity index (χ4n) is 3.75. The molecule has 20 heavy (non-hydrogen) atoms. The molecule has 5 heteroatoms. The lowest BCUT2D eigenvalue weighted by molar-refractivity contribution is -0.144. The number of hydrogen-bond acceptors (Lipinski definition) is 3. The molecule has 0 aromatic carbocycles. The first-order chi connectivity index (χ1) is 9.56. The molecule has 0 aliphatic heterocycles. The minimum Gasteiger partial charge on any atom is -0.481 e. The number of hydrogen-bond donors (Lipinski definition) is 2. The number of nitrogens with zero attached hydrogens (tertiary/aromatic N) is 1. The van der Waals surface area contributed by atoms with Crippen LogP contribution in [-0.2, 0) is 4.79 Å². The van der Waals surface area contributed by atoms with Crippen molar-refractivity contribution in [3.63, 3.8) is 0 Å². The SMILES string of the molecule is Cc1cccc(C(=O)NC2C3CCC(C3)C2C(=O)O)n1. The zero-order valence-electron chi connectivity index (χ0n) is 11.4. The maximum atomic E-state index is 12.2. The summed E-state index contributed by atoms with van der Waals surface area (Å²) in [6.07, 6.45) is 2.90. The van der Waals surface area contributed by atoms with Crippen LogP contribution in [-0.4, -0.2) is 28.0 Å². The van der Waals surface area contributed by atoms with Crippen LogP contribution in [0.15, 0.2) is 18.2 Å². The number of aryl methyl sites for hydroxylation is 1. The van der Waals surface area contributed by atoms with Crippen LogP contribution in [0.4, 0.5) is 0 Å². The molecule has 4 atom stereocenters. The second-order valence-electron chi connectivity index (χ2n) is 5.86. The smallest absolute Gasteiger partial charge is 0.308 e. The third-order valence-corrected chi connectivity index (χ3v) is 4.62. The molecule has 2 saturated carbocycles. The molecule has 2 N–H and O–H groups in total. The molecule has 0 spiro atoms. The number of carbonyl (C=O) groups is 2. The lowest BCUT2D eigenvalue weighted by Crippen LogP contribution is -2.47. The summed E-state index contributed by atoms with van der Waals surface area (Å²) < 4.78 is 0. The van der Waals surface area contributed by atoms with Gasteiger partial charge >= 0.3 is 5.97 Å². The number of carboxylic acids is 1. The maximum absolute atomic E-state index is 12.2. The Morgan fingerprint density at radius 1 is 1.30 bits per heavy atom. The Morgan fingerprint density at radius 2 is 2.05 bits per heavy atom. The number of carbonyl (C=O) groups excluding carboxylic acids is 1. The van der Waals surface area contributed by atoms with E-state index in [1.54, 1.807) is 12.1 Å². The molecule has 1 aromatic heterocycles. The zero-order chi connectivity index (χ0) is 14.3. The molecular weight excluding hydrogens is 256 g/mol. The molecule has 106 valence electrons. The quantitative estimate of drug-likeness (QED) is 0.877. The highest BCUT2D eigenvalue weighted by molar-refractivity contribution is 5.93. The number of rotatable bonds is 3. The Labute approximate surface area is 117 Å². The van der Waals surface area contributed by atoms with E-state index in [1.165, 1.54) is 0 Å². The van der Waals surface area contributed by atoms with Crippen LogP contribution in [0, 0.1) is 24.7 Å². The van der Waals surface area contributed by atoms with E-state index in [1.807, 2.05) is 13.0 Å². The van der Waals surface area contributed by atoms with E-state index in [9.17, 15) is 14.7 Å². The topological polar surface area (TPSA) is 79.3 Å². The molecule has 1 amide bonds. The van der Waals surface area contributed by atoms with Crippen molar-refractivity contribution in [1.29, 1.82) is 0 Å². The van der Waals surface area contributed by atoms with E-state index in [4.69, 9.17) is 0 Å². The van der Waals surface area contributed by atoms with Crippen molar-refractivity contribution in [2.24, 2.45) is 17.8 Å². The van der Waals surface area contributed by atoms with E-state index in [0.29, 0.717) is 11.6 Å². The van der Waals surface area contributed by atoms with Gasteiger partial charge in [0.1, 0.15) is 5.69 Å². The minimum atomic E-state index is -0.792. The van der Waals surface area contributed by atoms with E-state index < -0.39 is 11.9 Å². The van der Waals surface area contributed by atoms with E-state index in [-0.39, 0.29) is 17.9 Å². The molecule has 0 radical (unpaired) electrons. The summed E-state index contributed by atoms with van der Waals surface area (Å²) in [7, 11) is 0. The molecule has 2 aliphatic carbocycles. The molecule has 2 aliphatic rings. The third-order valence-electron chi connectivity index (χ3n) is 4.62. The fourth-order valence-corrected chi connectivity index (χ4v) is 3.75. The Morgan fingerprint density at radius 3 is 2.75 bits per heavy atom. The number of pyridine rings is 1. The molecule has 4 unspecified atom stereocenters. The number of aromatic nitrogens is 1. The monoisotopic (exact) mass is 274 g/mol. The predicted molar refractivity (Wildman–Crippen MR) is 72.2 cm³/mol. The van der Waals surface area contributed by atoms with Crippen molar-refractivity contribution < 1.29 is 14.7 Å². The first-order valence-electron chi connectivity index (χ1n) is 7.03. The normalized spacial score (nSPS) is 31.2. The average Bonchev–Trinajstić information content (AvgIpc) is 2.99. The van der Waals surface area contributed by atoms with Crippen molar-refractivity contribution >= 4 is 11.9 Å². The largest absolute Gasteiger partial charge is 0.481 e. The zero-order valence-corrected chi connectivity index (χ0v) is 11.4. The lowest BCUT2D eigenvalue weighted by atomic mass is 9.84. The lowest BCUT2D eigenvalue weighted by Gasteiger charge is -2.28. The Hall–Kier alpha value is -1.91. The summed E-state index contributed by atoms with van der Waals surface area (Å²) >= 11 is 0. The summed E-state index contributed by atoms with van der Waals surface area (Å²) in [5, 5.41) is 12.3. The number of aliphatic carboxylic acids is 1. The summed E-state index contributed by atoms with van der Waals surface area (Å²) in [5.74, 6) is -0.983. The predicted octanol–water partition coefficient (Wildman–Crippen LogP) is 1.62. The van der Waals surface area contributed by atoms with Crippen LogP contribution >= 0.6 is 0 Å². The van der Waals surface area contributed by atoms with Crippen LogP contribution in [0.2, 0.25) is 0 Å². The van der Waals surface area contributed by atoms with Crippen molar-refractivity contribution in [3.8, 4) is 0 Å². The molecule has 2 fully saturated rings. The van der Waals surface area contributed by atoms with Crippen LogP contribution < -0.4 is 5.32 Å². The van der Waals surface area contributed by atoms with E-state index in [0.717, 1.165) is 25.0 Å². The van der Waals surface area contributed by atoms with Gasteiger partial charge in [-0.2, -0.15) is 0 Å². The highest BCUT2D eigenvalue weighted by Crippen LogP contribution is 2.48. The van der Waals surface area contributed by atoms with Gasteiger partial charge in [-0.05, 0) is 50.2 Å². The van der Waals surface area contributed by atoms with Crippen molar-refractivity contribution in [1.82, 2.24) is 10.3 Å². The van der Waals surface area contributed by atoms with Gasteiger partial charge < -0.3 is 10.4 Å². The summed E-state index contributed by atoms with van der Waals surface area (Å²) in [4.78, 5) is 27.8. The first kappa shape index (κ1) is 13.1. The standard InChI is InChI=1S/C15H18N2O3/c1-8-3-2-4-11(16-8)14(18)17-13-10-6-5-9(7-10)12(13)15(19)20/h2-4,9-10,12-13H,5-7H2,1H3,(H,17,18)(H,19,20). The van der Waals surface area contributed by atoms with Gasteiger partial charge in [0.2, 0.25) is 0 Å².